The van der Waals surface area contributed by atoms with Crippen molar-refractivity contribution in [3.8, 4) is 11.1 Å². The van der Waals surface area contributed by atoms with Gasteiger partial charge in [0.25, 0.3) is 5.56 Å². The molecule has 0 saturated carbocycles. The molecule has 2 aromatic rings. The van der Waals surface area contributed by atoms with Crippen molar-refractivity contribution in [3.63, 3.8) is 0 Å². The van der Waals surface area contributed by atoms with Crippen molar-refractivity contribution in [2.45, 2.75) is 19.4 Å². The Balaban J connectivity index is 2.28. The first-order valence-corrected chi connectivity index (χ1v) is 7.04. The van der Waals surface area contributed by atoms with Crippen molar-refractivity contribution in [3.05, 3.63) is 44.5 Å². The fraction of sp³-hybridized carbons (Fsp3) is 0.286. The third kappa shape index (κ3) is 1.90. The van der Waals surface area contributed by atoms with Crippen LogP contribution in [0.2, 0.25) is 0 Å². The number of hydrogen-bond acceptors (Lipinski definition) is 4. The number of hydrogen-bond donors (Lipinski definition) is 0. The Morgan fingerprint density at radius 3 is 3.00 bits per heavy atom. The Morgan fingerprint density at radius 2 is 2.32 bits per heavy atom. The SMILES string of the molecule is COC(=O)c1cc(-c2ccsc2)c(=O)n2c1CCC2. The number of aromatic nitrogens is 1. The van der Waals surface area contributed by atoms with Gasteiger partial charge < -0.3 is 9.30 Å². The minimum Gasteiger partial charge on any atom is -0.465 e. The number of ether oxygens (including phenoxy) is 1. The Hall–Kier alpha value is -1.88. The van der Waals surface area contributed by atoms with Crippen LogP contribution in [0.3, 0.4) is 0 Å². The third-order valence-electron chi connectivity index (χ3n) is 3.43. The lowest BCUT2D eigenvalue weighted by Gasteiger charge is -2.11. The van der Waals surface area contributed by atoms with E-state index in [9.17, 15) is 9.59 Å². The molecule has 0 spiro atoms. The zero-order valence-corrected chi connectivity index (χ0v) is 11.3. The normalized spacial score (nSPS) is 13.3. The zero-order chi connectivity index (χ0) is 13.4. The molecule has 0 N–H and O–H groups in total. The molecule has 0 atom stereocenters. The molecule has 1 aliphatic rings. The molecule has 0 aliphatic carbocycles. The molecule has 0 fully saturated rings. The lowest BCUT2D eigenvalue weighted by atomic mass is 10.1. The Bertz CT molecular complexity index is 685. The molecule has 4 nitrogen and oxygen atoms in total. The quantitative estimate of drug-likeness (QED) is 0.790. The highest BCUT2D eigenvalue weighted by Gasteiger charge is 2.23. The first kappa shape index (κ1) is 12.2. The van der Waals surface area contributed by atoms with Crippen LogP contribution in [0.15, 0.2) is 27.7 Å². The fourth-order valence-electron chi connectivity index (χ4n) is 2.52. The summed E-state index contributed by atoms with van der Waals surface area (Å²) in [4.78, 5) is 24.3. The largest absolute Gasteiger partial charge is 0.465 e. The number of carbonyl (C=O) groups is 1. The second-order valence-electron chi connectivity index (χ2n) is 4.48. The number of pyridine rings is 1. The van der Waals surface area contributed by atoms with Crippen LogP contribution < -0.4 is 5.56 Å². The maximum absolute atomic E-state index is 12.4. The standard InChI is InChI=1S/C14H13NO3S/c1-18-14(17)11-7-10(9-4-6-19-8-9)13(16)15-5-2-3-12(11)15/h4,6-8H,2-3,5H2,1H3. The number of methoxy groups -OCH3 is 1. The molecular weight excluding hydrogens is 262 g/mol. The molecule has 5 heteroatoms. The van der Waals surface area contributed by atoms with Gasteiger partial charge in [-0.1, -0.05) is 0 Å². The summed E-state index contributed by atoms with van der Waals surface area (Å²) < 4.78 is 6.53. The molecule has 0 amide bonds. The van der Waals surface area contributed by atoms with Crippen LogP contribution >= 0.6 is 11.3 Å². The number of fused-ring (bicyclic) bond motifs is 1. The van der Waals surface area contributed by atoms with Crippen molar-refractivity contribution in [1.29, 1.82) is 0 Å². The molecule has 1 aliphatic heterocycles. The van der Waals surface area contributed by atoms with Crippen molar-refractivity contribution < 1.29 is 9.53 Å². The molecule has 0 bridgehead atoms. The van der Waals surface area contributed by atoms with Gasteiger partial charge in [0.05, 0.1) is 12.7 Å². The summed E-state index contributed by atoms with van der Waals surface area (Å²) in [6.07, 6.45) is 1.65. The molecule has 0 radical (unpaired) electrons. The number of carbonyl (C=O) groups excluding carboxylic acids is 1. The first-order valence-electron chi connectivity index (χ1n) is 6.10. The van der Waals surface area contributed by atoms with Crippen molar-refractivity contribution in [2.75, 3.05) is 7.11 Å². The van der Waals surface area contributed by atoms with Gasteiger partial charge in [0.2, 0.25) is 0 Å². The summed E-state index contributed by atoms with van der Waals surface area (Å²) in [5.41, 5.74) is 2.74. The van der Waals surface area contributed by atoms with E-state index in [-0.39, 0.29) is 11.5 Å². The second-order valence-corrected chi connectivity index (χ2v) is 5.26. The highest BCUT2D eigenvalue weighted by Crippen LogP contribution is 2.25. The molecule has 3 heterocycles. The Labute approximate surface area is 114 Å². The predicted molar refractivity (Wildman–Crippen MR) is 73.7 cm³/mol. The van der Waals surface area contributed by atoms with E-state index in [1.807, 2.05) is 16.8 Å². The number of rotatable bonds is 2. The van der Waals surface area contributed by atoms with Gasteiger partial charge in [0, 0.05) is 17.8 Å². The second kappa shape index (κ2) is 4.66. The van der Waals surface area contributed by atoms with Gasteiger partial charge in [-0.15, -0.1) is 0 Å². The van der Waals surface area contributed by atoms with Crippen LogP contribution in [-0.4, -0.2) is 17.6 Å². The summed E-state index contributed by atoms with van der Waals surface area (Å²) in [7, 11) is 1.36. The minimum absolute atomic E-state index is 0.0152. The van der Waals surface area contributed by atoms with Crippen molar-refractivity contribution in [2.24, 2.45) is 0 Å². The summed E-state index contributed by atoms with van der Waals surface area (Å²) in [5.74, 6) is -0.373. The van der Waals surface area contributed by atoms with Gasteiger partial charge in [-0.3, -0.25) is 4.79 Å². The molecular formula is C14H13NO3S. The molecule has 0 unspecified atom stereocenters. The summed E-state index contributed by atoms with van der Waals surface area (Å²) in [5, 5.41) is 3.84. The van der Waals surface area contributed by atoms with Crippen molar-refractivity contribution >= 4 is 17.3 Å². The van der Waals surface area contributed by atoms with Crippen LogP contribution in [0.25, 0.3) is 11.1 Å². The average molecular weight is 275 g/mol. The van der Waals surface area contributed by atoms with E-state index in [1.54, 1.807) is 10.6 Å². The van der Waals surface area contributed by atoms with E-state index in [2.05, 4.69) is 0 Å². The summed E-state index contributed by atoms with van der Waals surface area (Å²) in [6, 6.07) is 3.57. The minimum atomic E-state index is -0.373. The lowest BCUT2D eigenvalue weighted by molar-refractivity contribution is 0.0598. The maximum Gasteiger partial charge on any atom is 0.339 e. The van der Waals surface area contributed by atoms with Gasteiger partial charge in [-0.25, -0.2) is 4.79 Å². The van der Waals surface area contributed by atoms with E-state index < -0.39 is 0 Å². The van der Waals surface area contributed by atoms with Gasteiger partial charge in [0.15, 0.2) is 0 Å². The molecule has 98 valence electrons. The maximum atomic E-state index is 12.4. The molecule has 2 aromatic heterocycles. The predicted octanol–water partition coefficient (Wildman–Crippen LogP) is 2.31. The Kier molecular flexibility index (Phi) is 2.98. The van der Waals surface area contributed by atoms with Gasteiger partial charge in [-0.05, 0) is 41.3 Å². The summed E-state index contributed by atoms with van der Waals surface area (Å²) in [6.45, 7) is 0.677. The number of esters is 1. The Morgan fingerprint density at radius 1 is 1.47 bits per heavy atom. The van der Waals surface area contributed by atoms with E-state index in [4.69, 9.17) is 4.74 Å². The van der Waals surface area contributed by atoms with Crippen LogP contribution in [0.5, 0.6) is 0 Å². The third-order valence-corrected chi connectivity index (χ3v) is 4.12. The van der Waals surface area contributed by atoms with Crippen LogP contribution in [0, 0.1) is 0 Å². The average Bonchev–Trinajstić information content (AvgIpc) is 3.09. The van der Waals surface area contributed by atoms with Crippen LogP contribution in [0.4, 0.5) is 0 Å². The lowest BCUT2D eigenvalue weighted by Crippen LogP contribution is -2.24. The monoisotopic (exact) mass is 275 g/mol. The van der Waals surface area contributed by atoms with Gasteiger partial charge in [0.1, 0.15) is 0 Å². The highest BCUT2D eigenvalue weighted by atomic mass is 32.1. The molecule has 19 heavy (non-hydrogen) atoms. The number of thiophene rings is 1. The number of nitrogens with zero attached hydrogens (tertiary/aromatic N) is 1. The molecule has 3 rings (SSSR count). The van der Waals surface area contributed by atoms with Gasteiger partial charge in [-0.2, -0.15) is 11.3 Å². The van der Waals surface area contributed by atoms with E-state index in [0.717, 1.165) is 24.1 Å². The van der Waals surface area contributed by atoms with E-state index in [1.165, 1.54) is 18.4 Å². The van der Waals surface area contributed by atoms with Crippen LogP contribution in [-0.2, 0) is 17.7 Å². The summed E-state index contributed by atoms with van der Waals surface area (Å²) >= 11 is 1.53. The topological polar surface area (TPSA) is 48.3 Å². The highest BCUT2D eigenvalue weighted by molar-refractivity contribution is 7.08. The molecule has 0 aromatic carbocycles. The smallest absolute Gasteiger partial charge is 0.339 e. The zero-order valence-electron chi connectivity index (χ0n) is 10.5. The van der Waals surface area contributed by atoms with Crippen molar-refractivity contribution in [1.82, 2.24) is 4.57 Å². The van der Waals surface area contributed by atoms with E-state index >= 15 is 0 Å². The fourth-order valence-corrected chi connectivity index (χ4v) is 3.18. The van der Waals surface area contributed by atoms with Crippen LogP contribution in [0.1, 0.15) is 22.5 Å². The molecule has 0 saturated heterocycles. The van der Waals surface area contributed by atoms with Gasteiger partial charge >= 0.3 is 5.97 Å². The van der Waals surface area contributed by atoms with E-state index in [0.29, 0.717) is 17.7 Å². The first-order chi connectivity index (χ1) is 9.22.